The van der Waals surface area contributed by atoms with E-state index in [-0.39, 0.29) is 17.0 Å². The smallest absolute Gasteiger partial charge is 0.233 e. The molecule has 0 fully saturated rings. The molecular formula is C13H19FN2OS. The van der Waals surface area contributed by atoms with Gasteiger partial charge in [0.25, 0.3) is 0 Å². The van der Waals surface area contributed by atoms with Crippen molar-refractivity contribution < 1.29 is 9.18 Å². The van der Waals surface area contributed by atoms with Gasteiger partial charge in [-0.25, -0.2) is 4.39 Å². The molecule has 100 valence electrons. The molecule has 0 saturated carbocycles. The molecule has 0 aromatic heterocycles. The molecule has 3 N–H and O–H groups in total. The lowest BCUT2D eigenvalue weighted by atomic mass is 10.3. The zero-order valence-electron chi connectivity index (χ0n) is 10.7. The first kappa shape index (κ1) is 14.8. The van der Waals surface area contributed by atoms with Crippen molar-refractivity contribution >= 4 is 23.4 Å². The van der Waals surface area contributed by atoms with Crippen LogP contribution in [0.5, 0.6) is 0 Å². The van der Waals surface area contributed by atoms with E-state index in [1.54, 1.807) is 6.07 Å². The zero-order valence-corrected chi connectivity index (χ0v) is 11.5. The molecule has 0 bridgehead atoms. The summed E-state index contributed by atoms with van der Waals surface area (Å²) in [6.07, 6.45) is 2.02. The van der Waals surface area contributed by atoms with Crippen LogP contribution in [0.4, 0.5) is 10.1 Å². The van der Waals surface area contributed by atoms with Crippen molar-refractivity contribution in [3.8, 4) is 0 Å². The van der Waals surface area contributed by atoms with Crippen molar-refractivity contribution in [3.63, 3.8) is 0 Å². The van der Waals surface area contributed by atoms with Crippen LogP contribution in [0.25, 0.3) is 0 Å². The Morgan fingerprint density at radius 2 is 2.28 bits per heavy atom. The van der Waals surface area contributed by atoms with Crippen molar-refractivity contribution in [2.24, 2.45) is 0 Å². The highest BCUT2D eigenvalue weighted by Gasteiger charge is 2.15. The highest BCUT2D eigenvalue weighted by Crippen LogP contribution is 2.29. The Morgan fingerprint density at radius 1 is 1.56 bits per heavy atom. The Balaban J connectivity index is 2.53. The fourth-order valence-electron chi connectivity index (χ4n) is 1.40. The number of nitrogen functional groups attached to an aromatic ring is 1. The zero-order chi connectivity index (χ0) is 13.5. The number of amides is 1. The summed E-state index contributed by atoms with van der Waals surface area (Å²) in [7, 11) is 0. The molecule has 18 heavy (non-hydrogen) atoms. The maximum atomic E-state index is 12.9. The van der Waals surface area contributed by atoms with E-state index in [0.717, 1.165) is 17.7 Å². The number of hydrogen-bond acceptors (Lipinski definition) is 3. The minimum atomic E-state index is -0.364. The Kier molecular flexibility index (Phi) is 5.98. The lowest BCUT2D eigenvalue weighted by molar-refractivity contribution is -0.120. The van der Waals surface area contributed by atoms with E-state index in [4.69, 9.17) is 5.73 Å². The summed E-state index contributed by atoms with van der Waals surface area (Å²) in [6.45, 7) is 4.58. The molecule has 0 heterocycles. The number of carbonyl (C=O) groups is 1. The summed E-state index contributed by atoms with van der Waals surface area (Å²) < 4.78 is 12.9. The molecule has 0 aliphatic heterocycles. The molecule has 0 aliphatic rings. The van der Waals surface area contributed by atoms with E-state index in [9.17, 15) is 9.18 Å². The van der Waals surface area contributed by atoms with Crippen molar-refractivity contribution in [3.05, 3.63) is 24.0 Å². The minimum absolute atomic E-state index is 0.0165. The molecule has 3 nitrogen and oxygen atoms in total. The maximum absolute atomic E-state index is 12.9. The van der Waals surface area contributed by atoms with Gasteiger partial charge in [-0.3, -0.25) is 4.79 Å². The van der Waals surface area contributed by atoms with Gasteiger partial charge in [0.2, 0.25) is 5.91 Å². The van der Waals surface area contributed by atoms with Gasteiger partial charge < -0.3 is 11.1 Å². The third-order valence-electron chi connectivity index (χ3n) is 2.47. The Bertz CT molecular complexity index is 412. The van der Waals surface area contributed by atoms with E-state index in [2.05, 4.69) is 12.2 Å². The Morgan fingerprint density at radius 3 is 2.89 bits per heavy atom. The topological polar surface area (TPSA) is 55.1 Å². The van der Waals surface area contributed by atoms with Crippen molar-refractivity contribution in [1.82, 2.24) is 5.32 Å². The number of nitrogens with one attached hydrogen (secondary N) is 1. The third-order valence-corrected chi connectivity index (χ3v) is 3.67. The number of thioether (sulfide) groups is 1. The second-order valence-corrected chi connectivity index (χ2v) is 5.47. The monoisotopic (exact) mass is 270 g/mol. The van der Waals surface area contributed by atoms with Gasteiger partial charge in [0.15, 0.2) is 0 Å². The molecule has 0 saturated heterocycles. The summed E-state index contributed by atoms with van der Waals surface area (Å²) in [4.78, 5) is 12.5. The number of rotatable bonds is 6. The summed E-state index contributed by atoms with van der Waals surface area (Å²) in [5.41, 5.74) is 6.07. The van der Waals surface area contributed by atoms with Crippen molar-refractivity contribution in [2.45, 2.75) is 36.8 Å². The van der Waals surface area contributed by atoms with Gasteiger partial charge in [-0.2, -0.15) is 0 Å². The van der Waals surface area contributed by atoms with Gasteiger partial charge in [0.05, 0.1) is 5.25 Å². The van der Waals surface area contributed by atoms with E-state index in [0.29, 0.717) is 12.2 Å². The molecule has 1 rings (SSSR count). The number of unbranched alkanes of at least 4 members (excludes halogenated alkanes) is 1. The van der Waals surface area contributed by atoms with Gasteiger partial charge in [0, 0.05) is 17.1 Å². The number of carbonyl (C=O) groups excluding carboxylic acids is 1. The van der Waals surface area contributed by atoms with Crippen LogP contribution in [-0.2, 0) is 4.79 Å². The van der Waals surface area contributed by atoms with Gasteiger partial charge in [-0.1, -0.05) is 13.3 Å². The predicted octanol–water partition coefficient (Wildman–Crippen LogP) is 2.80. The van der Waals surface area contributed by atoms with E-state index >= 15 is 0 Å². The number of hydrogen-bond donors (Lipinski definition) is 2. The van der Waals surface area contributed by atoms with E-state index in [1.807, 2.05) is 6.92 Å². The van der Waals surface area contributed by atoms with Gasteiger partial charge in [0.1, 0.15) is 5.82 Å². The minimum Gasteiger partial charge on any atom is -0.398 e. The number of benzene rings is 1. The van der Waals surface area contributed by atoms with Crippen LogP contribution in [0, 0.1) is 5.82 Å². The largest absolute Gasteiger partial charge is 0.398 e. The van der Waals surface area contributed by atoms with Gasteiger partial charge in [-0.05, 0) is 31.5 Å². The highest BCUT2D eigenvalue weighted by molar-refractivity contribution is 8.00. The summed E-state index contributed by atoms with van der Waals surface area (Å²) >= 11 is 1.34. The molecular weight excluding hydrogens is 251 g/mol. The SMILES string of the molecule is CCCCNC(=O)C(C)Sc1ccc(F)cc1N. The van der Waals surface area contributed by atoms with Crippen LogP contribution in [0.3, 0.4) is 0 Å². The first-order valence-corrected chi connectivity index (χ1v) is 6.92. The van der Waals surface area contributed by atoms with E-state index in [1.165, 1.54) is 23.9 Å². The summed E-state index contributed by atoms with van der Waals surface area (Å²) in [5, 5.41) is 2.62. The molecule has 0 spiro atoms. The van der Waals surface area contributed by atoms with Gasteiger partial charge in [-0.15, -0.1) is 11.8 Å². The van der Waals surface area contributed by atoms with E-state index < -0.39 is 0 Å². The number of nitrogens with two attached hydrogens (primary N) is 1. The molecule has 1 aromatic carbocycles. The van der Waals surface area contributed by atoms with Crippen LogP contribution in [0.2, 0.25) is 0 Å². The molecule has 0 radical (unpaired) electrons. The first-order valence-electron chi connectivity index (χ1n) is 6.04. The van der Waals surface area contributed by atoms with Gasteiger partial charge >= 0.3 is 0 Å². The normalized spacial score (nSPS) is 12.2. The molecule has 1 unspecified atom stereocenters. The fraction of sp³-hybridized carbons (Fsp3) is 0.462. The molecule has 1 atom stereocenters. The maximum Gasteiger partial charge on any atom is 0.233 e. The van der Waals surface area contributed by atoms with Crippen LogP contribution < -0.4 is 11.1 Å². The molecule has 1 amide bonds. The van der Waals surface area contributed by atoms with Crippen LogP contribution in [0.1, 0.15) is 26.7 Å². The number of anilines is 1. The predicted molar refractivity (Wildman–Crippen MR) is 74.0 cm³/mol. The van der Waals surface area contributed by atoms with Crippen molar-refractivity contribution in [2.75, 3.05) is 12.3 Å². The second kappa shape index (κ2) is 7.26. The standard InChI is InChI=1S/C13H19FN2OS/c1-3-4-7-16-13(17)9(2)18-12-6-5-10(14)8-11(12)15/h5-6,8-9H,3-4,7,15H2,1-2H3,(H,16,17). The molecule has 5 heteroatoms. The highest BCUT2D eigenvalue weighted by atomic mass is 32.2. The second-order valence-electron chi connectivity index (χ2n) is 4.09. The fourth-order valence-corrected chi connectivity index (χ4v) is 2.32. The first-order chi connectivity index (χ1) is 8.54. The Hall–Kier alpha value is -1.23. The molecule has 0 aliphatic carbocycles. The lowest BCUT2D eigenvalue weighted by Gasteiger charge is -2.13. The molecule has 1 aromatic rings. The third kappa shape index (κ3) is 4.56. The van der Waals surface area contributed by atoms with Crippen LogP contribution in [-0.4, -0.2) is 17.7 Å². The van der Waals surface area contributed by atoms with Crippen molar-refractivity contribution in [1.29, 1.82) is 0 Å². The average Bonchev–Trinajstić information content (AvgIpc) is 2.32. The van der Waals surface area contributed by atoms with Crippen LogP contribution >= 0.6 is 11.8 Å². The quantitative estimate of drug-likeness (QED) is 0.475. The summed E-state index contributed by atoms with van der Waals surface area (Å²) in [6, 6.07) is 4.22. The number of halogens is 1. The summed E-state index contributed by atoms with van der Waals surface area (Å²) in [5.74, 6) is -0.380. The average molecular weight is 270 g/mol. The van der Waals surface area contributed by atoms with Crippen LogP contribution in [0.15, 0.2) is 23.1 Å². The Labute approximate surface area is 111 Å². The lowest BCUT2D eigenvalue weighted by Crippen LogP contribution is -2.31.